The molecule has 3 rings (SSSR count). The zero-order valence-electron chi connectivity index (χ0n) is 10.3. The maximum absolute atomic E-state index is 11.8. The molecular formula is C13H12N4O2. The molecule has 6 heteroatoms. The fraction of sp³-hybridized carbons (Fsp3) is 0.154. The monoisotopic (exact) mass is 256 g/mol. The summed E-state index contributed by atoms with van der Waals surface area (Å²) in [5, 5.41) is 6.37. The lowest BCUT2D eigenvalue weighted by Crippen LogP contribution is -2.14. The molecule has 0 aliphatic rings. The van der Waals surface area contributed by atoms with Crippen molar-refractivity contribution in [3.8, 4) is 0 Å². The number of carbonyl (C=O) groups excluding carboxylic acids is 1. The van der Waals surface area contributed by atoms with Gasteiger partial charge in [-0.05, 0) is 19.1 Å². The van der Waals surface area contributed by atoms with Crippen molar-refractivity contribution in [3.05, 3.63) is 48.1 Å². The Morgan fingerprint density at radius 3 is 3.11 bits per heavy atom. The number of hydrogen-bond acceptors (Lipinski definition) is 4. The predicted octanol–water partition coefficient (Wildman–Crippen LogP) is 1.81. The quantitative estimate of drug-likeness (QED) is 0.775. The number of nitrogens with one attached hydrogen (secondary N) is 1. The summed E-state index contributed by atoms with van der Waals surface area (Å²) in [7, 11) is 0. The molecular weight excluding hydrogens is 244 g/mol. The van der Waals surface area contributed by atoms with E-state index in [4.69, 9.17) is 4.52 Å². The molecule has 3 aromatic rings. The Kier molecular flexibility index (Phi) is 2.75. The number of fused-ring (bicyclic) bond motifs is 1. The van der Waals surface area contributed by atoms with E-state index in [-0.39, 0.29) is 12.3 Å². The van der Waals surface area contributed by atoms with Crippen molar-refractivity contribution in [1.29, 1.82) is 0 Å². The van der Waals surface area contributed by atoms with E-state index in [1.54, 1.807) is 13.0 Å². The Balaban J connectivity index is 1.72. The molecule has 3 heterocycles. The fourth-order valence-electron chi connectivity index (χ4n) is 1.85. The Bertz CT molecular complexity index is 696. The normalized spacial score (nSPS) is 10.8. The van der Waals surface area contributed by atoms with Gasteiger partial charge in [0.25, 0.3) is 0 Å². The molecule has 0 unspecified atom stereocenters. The van der Waals surface area contributed by atoms with E-state index < -0.39 is 0 Å². The van der Waals surface area contributed by atoms with E-state index in [9.17, 15) is 4.79 Å². The molecule has 6 nitrogen and oxygen atoms in total. The summed E-state index contributed by atoms with van der Waals surface area (Å²) in [5.41, 5.74) is 1.53. The van der Waals surface area contributed by atoms with Gasteiger partial charge in [-0.15, -0.1) is 0 Å². The minimum absolute atomic E-state index is 0.170. The average Bonchev–Trinajstić information content (AvgIpc) is 2.94. The summed E-state index contributed by atoms with van der Waals surface area (Å²) in [6, 6.07) is 7.38. The van der Waals surface area contributed by atoms with Crippen molar-refractivity contribution in [2.24, 2.45) is 0 Å². The number of aryl methyl sites for hydroxylation is 1. The van der Waals surface area contributed by atoms with Crippen LogP contribution in [0.2, 0.25) is 0 Å². The average molecular weight is 256 g/mol. The number of imidazole rings is 1. The standard InChI is InChI=1S/C13H12N4O2/c1-9-6-11(16-19-9)15-13(18)7-10-8-17-5-3-2-4-12(17)14-10/h2-6,8H,7H2,1H3,(H,15,16,18). The molecule has 3 aromatic heterocycles. The minimum Gasteiger partial charge on any atom is -0.360 e. The Labute approximate surface area is 109 Å². The van der Waals surface area contributed by atoms with Crippen LogP contribution in [0.1, 0.15) is 11.5 Å². The summed E-state index contributed by atoms with van der Waals surface area (Å²) < 4.78 is 6.76. The molecule has 0 aliphatic carbocycles. The van der Waals surface area contributed by atoms with E-state index in [1.165, 1.54) is 0 Å². The van der Waals surface area contributed by atoms with Crippen LogP contribution in [0.3, 0.4) is 0 Å². The van der Waals surface area contributed by atoms with Crippen molar-refractivity contribution in [2.75, 3.05) is 5.32 Å². The van der Waals surface area contributed by atoms with Crippen molar-refractivity contribution < 1.29 is 9.32 Å². The maximum atomic E-state index is 11.8. The van der Waals surface area contributed by atoms with E-state index in [0.29, 0.717) is 17.3 Å². The van der Waals surface area contributed by atoms with Gasteiger partial charge in [-0.2, -0.15) is 0 Å². The summed E-state index contributed by atoms with van der Waals surface area (Å²) in [6.45, 7) is 1.77. The second-order valence-electron chi connectivity index (χ2n) is 4.25. The van der Waals surface area contributed by atoms with E-state index in [2.05, 4.69) is 15.5 Å². The van der Waals surface area contributed by atoms with Crippen LogP contribution >= 0.6 is 0 Å². The highest BCUT2D eigenvalue weighted by molar-refractivity contribution is 5.91. The third-order valence-corrected chi connectivity index (χ3v) is 2.65. The first kappa shape index (κ1) is 11.5. The molecule has 96 valence electrons. The first-order valence-electron chi connectivity index (χ1n) is 5.86. The van der Waals surface area contributed by atoms with E-state index in [1.807, 2.05) is 35.0 Å². The van der Waals surface area contributed by atoms with Crippen molar-refractivity contribution in [3.63, 3.8) is 0 Å². The first-order chi connectivity index (χ1) is 9.20. The van der Waals surface area contributed by atoms with Crippen LogP contribution in [-0.4, -0.2) is 20.4 Å². The summed E-state index contributed by atoms with van der Waals surface area (Å²) in [4.78, 5) is 16.2. The van der Waals surface area contributed by atoms with Gasteiger partial charge in [-0.25, -0.2) is 4.98 Å². The van der Waals surface area contributed by atoms with Crippen molar-refractivity contribution in [1.82, 2.24) is 14.5 Å². The SMILES string of the molecule is Cc1cc(NC(=O)Cc2cn3ccccc3n2)no1. The largest absolute Gasteiger partial charge is 0.360 e. The van der Waals surface area contributed by atoms with Gasteiger partial charge in [0.05, 0.1) is 12.1 Å². The van der Waals surface area contributed by atoms with Gasteiger partial charge in [0.15, 0.2) is 5.82 Å². The van der Waals surface area contributed by atoms with E-state index >= 15 is 0 Å². The third-order valence-electron chi connectivity index (χ3n) is 2.65. The molecule has 0 spiro atoms. The number of amides is 1. The third kappa shape index (κ3) is 2.47. The summed E-state index contributed by atoms with van der Waals surface area (Å²) >= 11 is 0. The highest BCUT2D eigenvalue weighted by atomic mass is 16.5. The summed E-state index contributed by atoms with van der Waals surface area (Å²) in [5.74, 6) is 0.908. The number of nitrogens with zero attached hydrogens (tertiary/aromatic N) is 3. The zero-order chi connectivity index (χ0) is 13.2. The number of rotatable bonds is 3. The predicted molar refractivity (Wildman–Crippen MR) is 68.8 cm³/mol. The number of anilines is 1. The molecule has 0 radical (unpaired) electrons. The smallest absolute Gasteiger partial charge is 0.231 e. The Morgan fingerprint density at radius 1 is 1.47 bits per heavy atom. The van der Waals surface area contributed by atoms with Crippen LogP contribution in [0.4, 0.5) is 5.82 Å². The number of carbonyl (C=O) groups is 1. The van der Waals surface area contributed by atoms with Crippen LogP contribution in [0.15, 0.2) is 41.2 Å². The van der Waals surface area contributed by atoms with Gasteiger partial charge in [0.2, 0.25) is 5.91 Å². The molecule has 0 bridgehead atoms. The lowest BCUT2D eigenvalue weighted by Gasteiger charge is -1.97. The molecule has 0 aliphatic heterocycles. The molecule has 19 heavy (non-hydrogen) atoms. The maximum Gasteiger partial charge on any atom is 0.231 e. The molecule has 0 saturated heterocycles. The topological polar surface area (TPSA) is 72.4 Å². The van der Waals surface area contributed by atoms with Crippen LogP contribution in [0.5, 0.6) is 0 Å². The number of pyridine rings is 1. The number of hydrogen-bond donors (Lipinski definition) is 1. The second kappa shape index (κ2) is 4.56. The highest BCUT2D eigenvalue weighted by Crippen LogP contribution is 2.09. The van der Waals surface area contributed by atoms with Gasteiger partial charge < -0.3 is 14.2 Å². The first-order valence-corrected chi connectivity index (χ1v) is 5.86. The van der Waals surface area contributed by atoms with Crippen molar-refractivity contribution >= 4 is 17.4 Å². The molecule has 0 atom stereocenters. The lowest BCUT2D eigenvalue weighted by molar-refractivity contribution is -0.115. The van der Waals surface area contributed by atoms with Crippen LogP contribution in [-0.2, 0) is 11.2 Å². The Hall–Kier alpha value is -2.63. The molecule has 1 N–H and O–H groups in total. The van der Waals surface area contributed by atoms with Gasteiger partial charge >= 0.3 is 0 Å². The van der Waals surface area contributed by atoms with Gasteiger partial charge in [0, 0.05) is 18.5 Å². The summed E-state index contributed by atoms with van der Waals surface area (Å²) in [6.07, 6.45) is 3.93. The highest BCUT2D eigenvalue weighted by Gasteiger charge is 2.09. The van der Waals surface area contributed by atoms with Gasteiger partial charge in [-0.3, -0.25) is 4.79 Å². The molecule has 0 saturated carbocycles. The zero-order valence-corrected chi connectivity index (χ0v) is 10.3. The number of aromatic nitrogens is 3. The van der Waals surface area contributed by atoms with Crippen LogP contribution in [0, 0.1) is 6.92 Å². The second-order valence-corrected chi connectivity index (χ2v) is 4.25. The lowest BCUT2D eigenvalue weighted by atomic mass is 10.3. The molecule has 0 fully saturated rings. The van der Waals surface area contributed by atoms with E-state index in [0.717, 1.165) is 5.65 Å². The van der Waals surface area contributed by atoms with Crippen LogP contribution in [0.25, 0.3) is 5.65 Å². The fourth-order valence-corrected chi connectivity index (χ4v) is 1.85. The van der Waals surface area contributed by atoms with Gasteiger partial charge in [-0.1, -0.05) is 11.2 Å². The van der Waals surface area contributed by atoms with Crippen molar-refractivity contribution in [2.45, 2.75) is 13.3 Å². The molecule has 0 aromatic carbocycles. The van der Waals surface area contributed by atoms with Gasteiger partial charge in [0.1, 0.15) is 11.4 Å². The van der Waals surface area contributed by atoms with Crippen LogP contribution < -0.4 is 5.32 Å². The molecule has 1 amide bonds. The Morgan fingerprint density at radius 2 is 2.37 bits per heavy atom. The minimum atomic E-state index is -0.170.